The quantitative estimate of drug-likeness (QED) is 0.788. The SMILES string of the molecule is CC(NC(=O)NCC(O)c1ccco1)c1ccc(C#N)cc1. The molecule has 1 aromatic heterocycles. The van der Waals surface area contributed by atoms with E-state index in [2.05, 4.69) is 10.6 Å². The molecule has 0 radical (unpaired) electrons. The lowest BCUT2D eigenvalue weighted by Crippen LogP contribution is -2.39. The monoisotopic (exact) mass is 299 g/mol. The van der Waals surface area contributed by atoms with Crippen molar-refractivity contribution >= 4 is 6.03 Å². The summed E-state index contributed by atoms with van der Waals surface area (Å²) < 4.78 is 5.05. The number of benzene rings is 1. The van der Waals surface area contributed by atoms with E-state index in [1.807, 2.05) is 13.0 Å². The lowest BCUT2D eigenvalue weighted by atomic mass is 10.1. The van der Waals surface area contributed by atoms with E-state index < -0.39 is 6.10 Å². The molecular formula is C16H17N3O3. The maximum Gasteiger partial charge on any atom is 0.315 e. The number of furan rings is 1. The van der Waals surface area contributed by atoms with Crippen LogP contribution in [0.1, 0.15) is 36.0 Å². The molecule has 1 heterocycles. The van der Waals surface area contributed by atoms with Gasteiger partial charge in [-0.1, -0.05) is 12.1 Å². The molecule has 2 atom stereocenters. The van der Waals surface area contributed by atoms with Gasteiger partial charge in [0.1, 0.15) is 11.9 Å². The van der Waals surface area contributed by atoms with Crippen molar-refractivity contribution in [1.82, 2.24) is 10.6 Å². The predicted molar refractivity (Wildman–Crippen MR) is 79.8 cm³/mol. The maximum atomic E-state index is 11.8. The van der Waals surface area contributed by atoms with Crippen molar-refractivity contribution in [3.8, 4) is 6.07 Å². The van der Waals surface area contributed by atoms with Crippen LogP contribution in [0.2, 0.25) is 0 Å². The molecule has 114 valence electrons. The highest BCUT2D eigenvalue weighted by molar-refractivity contribution is 5.74. The summed E-state index contributed by atoms with van der Waals surface area (Å²) in [6.07, 6.45) is 0.581. The first kappa shape index (κ1) is 15.6. The summed E-state index contributed by atoms with van der Waals surface area (Å²) in [4.78, 5) is 11.8. The summed E-state index contributed by atoms with van der Waals surface area (Å²) in [5.41, 5.74) is 1.46. The maximum absolute atomic E-state index is 11.8. The van der Waals surface area contributed by atoms with E-state index in [0.29, 0.717) is 11.3 Å². The number of hydrogen-bond acceptors (Lipinski definition) is 4. The van der Waals surface area contributed by atoms with E-state index in [4.69, 9.17) is 9.68 Å². The number of aliphatic hydroxyl groups excluding tert-OH is 1. The fraction of sp³-hybridized carbons (Fsp3) is 0.250. The Morgan fingerprint density at radius 3 is 2.68 bits per heavy atom. The van der Waals surface area contributed by atoms with Gasteiger partial charge in [0, 0.05) is 0 Å². The molecule has 2 rings (SSSR count). The van der Waals surface area contributed by atoms with Crippen LogP contribution < -0.4 is 10.6 Å². The van der Waals surface area contributed by atoms with Crippen LogP contribution in [0.4, 0.5) is 4.79 Å². The molecule has 2 aromatic rings. The molecule has 0 saturated carbocycles. The molecule has 3 N–H and O–H groups in total. The van der Waals surface area contributed by atoms with Crippen LogP contribution >= 0.6 is 0 Å². The van der Waals surface area contributed by atoms with Gasteiger partial charge in [-0.25, -0.2) is 4.79 Å². The highest BCUT2D eigenvalue weighted by atomic mass is 16.4. The van der Waals surface area contributed by atoms with E-state index in [1.54, 1.807) is 36.4 Å². The Morgan fingerprint density at radius 2 is 2.09 bits per heavy atom. The van der Waals surface area contributed by atoms with Crippen LogP contribution in [-0.2, 0) is 0 Å². The molecule has 2 amide bonds. The van der Waals surface area contributed by atoms with Crippen molar-refractivity contribution in [2.24, 2.45) is 0 Å². The summed E-state index contributed by atoms with van der Waals surface area (Å²) in [6, 6.07) is 11.7. The Hall–Kier alpha value is -2.78. The second-order valence-electron chi connectivity index (χ2n) is 4.84. The van der Waals surface area contributed by atoms with Gasteiger partial charge in [-0.05, 0) is 36.8 Å². The molecule has 0 saturated heterocycles. The third-order valence-electron chi connectivity index (χ3n) is 3.21. The molecule has 0 spiro atoms. The van der Waals surface area contributed by atoms with E-state index >= 15 is 0 Å². The van der Waals surface area contributed by atoms with Gasteiger partial charge in [-0.2, -0.15) is 5.26 Å². The minimum absolute atomic E-state index is 0.0550. The normalized spacial score (nSPS) is 13.0. The zero-order valence-electron chi connectivity index (χ0n) is 12.1. The summed E-state index contributed by atoms with van der Waals surface area (Å²) in [5.74, 6) is 0.403. The second-order valence-corrected chi connectivity index (χ2v) is 4.84. The number of hydrogen-bond donors (Lipinski definition) is 3. The molecule has 6 nitrogen and oxygen atoms in total. The van der Waals surface area contributed by atoms with Crippen LogP contribution in [0.3, 0.4) is 0 Å². The number of nitrogens with one attached hydrogen (secondary N) is 2. The van der Waals surface area contributed by atoms with Gasteiger partial charge in [-0.3, -0.25) is 0 Å². The number of rotatable bonds is 5. The lowest BCUT2D eigenvalue weighted by Gasteiger charge is -2.16. The first-order valence-corrected chi connectivity index (χ1v) is 6.86. The zero-order valence-corrected chi connectivity index (χ0v) is 12.1. The Labute approximate surface area is 128 Å². The number of amides is 2. The first-order chi connectivity index (χ1) is 10.6. The van der Waals surface area contributed by atoms with Crippen molar-refractivity contribution in [3.05, 3.63) is 59.5 Å². The average Bonchev–Trinajstić information content (AvgIpc) is 3.07. The zero-order chi connectivity index (χ0) is 15.9. The molecule has 6 heteroatoms. The third-order valence-corrected chi connectivity index (χ3v) is 3.21. The van der Waals surface area contributed by atoms with Crippen molar-refractivity contribution in [1.29, 1.82) is 5.26 Å². The number of carbonyl (C=O) groups excluding carboxylic acids is 1. The van der Waals surface area contributed by atoms with Gasteiger partial charge in [0.15, 0.2) is 0 Å². The number of nitrogens with zero attached hydrogens (tertiary/aromatic N) is 1. The van der Waals surface area contributed by atoms with Crippen molar-refractivity contribution in [2.45, 2.75) is 19.1 Å². The number of nitriles is 1. The van der Waals surface area contributed by atoms with E-state index in [1.165, 1.54) is 6.26 Å². The number of carbonyl (C=O) groups is 1. The van der Waals surface area contributed by atoms with Gasteiger partial charge in [0.05, 0.1) is 30.5 Å². The Kier molecular flexibility index (Phi) is 5.17. The molecule has 0 aliphatic heterocycles. The van der Waals surface area contributed by atoms with Crippen LogP contribution in [0.15, 0.2) is 47.1 Å². The fourth-order valence-corrected chi connectivity index (χ4v) is 1.95. The summed E-state index contributed by atoms with van der Waals surface area (Å²) in [6.45, 7) is 1.89. The Balaban J connectivity index is 1.82. The minimum atomic E-state index is -0.883. The van der Waals surface area contributed by atoms with Crippen LogP contribution in [0.5, 0.6) is 0 Å². The van der Waals surface area contributed by atoms with Gasteiger partial charge in [0.25, 0.3) is 0 Å². The van der Waals surface area contributed by atoms with Gasteiger partial charge >= 0.3 is 6.03 Å². The highest BCUT2D eigenvalue weighted by Gasteiger charge is 2.13. The molecule has 2 unspecified atom stereocenters. The Bertz CT molecular complexity index is 644. The molecule has 0 fully saturated rings. The molecule has 22 heavy (non-hydrogen) atoms. The highest BCUT2D eigenvalue weighted by Crippen LogP contribution is 2.14. The summed E-state index contributed by atoms with van der Waals surface area (Å²) in [5, 5.41) is 23.9. The number of aliphatic hydroxyl groups is 1. The predicted octanol–water partition coefficient (Wildman–Crippen LogP) is 2.25. The van der Waals surface area contributed by atoms with Crippen LogP contribution in [0, 0.1) is 11.3 Å². The molecular weight excluding hydrogens is 282 g/mol. The molecule has 0 aliphatic carbocycles. The average molecular weight is 299 g/mol. The van der Waals surface area contributed by atoms with Crippen molar-refractivity contribution in [2.75, 3.05) is 6.54 Å². The summed E-state index contributed by atoms with van der Waals surface area (Å²) in [7, 11) is 0. The Morgan fingerprint density at radius 1 is 1.36 bits per heavy atom. The van der Waals surface area contributed by atoms with Crippen LogP contribution in [-0.4, -0.2) is 17.7 Å². The number of urea groups is 1. The van der Waals surface area contributed by atoms with Crippen molar-refractivity contribution in [3.63, 3.8) is 0 Å². The molecule has 0 bridgehead atoms. The molecule has 0 aliphatic rings. The van der Waals surface area contributed by atoms with Gasteiger partial charge in [-0.15, -0.1) is 0 Å². The summed E-state index contributed by atoms with van der Waals surface area (Å²) >= 11 is 0. The minimum Gasteiger partial charge on any atom is -0.467 e. The first-order valence-electron chi connectivity index (χ1n) is 6.86. The van der Waals surface area contributed by atoms with E-state index in [-0.39, 0.29) is 18.6 Å². The van der Waals surface area contributed by atoms with E-state index in [0.717, 1.165) is 5.56 Å². The molecule has 1 aromatic carbocycles. The van der Waals surface area contributed by atoms with Crippen molar-refractivity contribution < 1.29 is 14.3 Å². The van der Waals surface area contributed by atoms with Crippen LogP contribution in [0.25, 0.3) is 0 Å². The lowest BCUT2D eigenvalue weighted by molar-refractivity contribution is 0.147. The van der Waals surface area contributed by atoms with Gasteiger partial charge in [0.2, 0.25) is 0 Å². The second kappa shape index (κ2) is 7.29. The van der Waals surface area contributed by atoms with E-state index in [9.17, 15) is 9.90 Å². The fourth-order valence-electron chi connectivity index (χ4n) is 1.95. The third kappa shape index (κ3) is 4.11. The smallest absolute Gasteiger partial charge is 0.315 e. The standard InChI is InChI=1S/C16H17N3O3/c1-11(13-6-4-12(9-17)5-7-13)19-16(21)18-10-14(20)15-3-2-8-22-15/h2-8,11,14,20H,10H2,1H3,(H2,18,19,21). The topological polar surface area (TPSA) is 98.3 Å². The van der Waals surface area contributed by atoms with Gasteiger partial charge < -0.3 is 20.2 Å². The largest absolute Gasteiger partial charge is 0.467 e.